The molecule has 3 atom stereocenters. The molecule has 0 spiro atoms. The normalized spacial score (nSPS) is 20.5. The Kier molecular flexibility index (Phi) is 9.24. The molecule has 12 heteroatoms. The zero-order valence-corrected chi connectivity index (χ0v) is 26.0. The molecule has 1 aliphatic rings. The Morgan fingerprint density at radius 1 is 1.08 bits per heavy atom. The van der Waals surface area contributed by atoms with Crippen LogP contribution >= 0.6 is 0 Å². The molecule has 37 heavy (non-hydrogen) atoms. The van der Waals surface area contributed by atoms with Crippen LogP contribution in [0.5, 0.6) is 0 Å². The smallest absolute Gasteiger partial charge is 0.394 e. The summed E-state index contributed by atoms with van der Waals surface area (Å²) in [5, 5.41) is -0.338. The van der Waals surface area contributed by atoms with E-state index in [4.69, 9.17) is 18.0 Å². The second-order valence-electron chi connectivity index (χ2n) is 12.9. The maximum absolute atomic E-state index is 13.8. The average molecular weight is 565 g/mol. The highest BCUT2D eigenvalue weighted by Crippen LogP contribution is 2.42. The van der Waals surface area contributed by atoms with Gasteiger partial charge in [0, 0.05) is 12.8 Å². The van der Waals surface area contributed by atoms with Crippen molar-refractivity contribution in [3.63, 3.8) is 0 Å². The van der Waals surface area contributed by atoms with E-state index in [9.17, 15) is 18.0 Å². The molecule has 0 N–H and O–H groups in total. The van der Waals surface area contributed by atoms with E-state index in [1.54, 1.807) is 0 Å². The molecule has 0 fully saturated rings. The van der Waals surface area contributed by atoms with Crippen molar-refractivity contribution in [3.8, 4) is 0 Å². The van der Waals surface area contributed by atoms with Crippen LogP contribution in [0.25, 0.3) is 0 Å². The Morgan fingerprint density at radius 3 is 2.14 bits per heavy atom. The summed E-state index contributed by atoms with van der Waals surface area (Å²) in [5.74, 6) is -1.91. The first-order chi connectivity index (χ1) is 16.6. The average Bonchev–Trinajstić information content (AvgIpc) is 3.32. The number of hydrogen-bond acceptors (Lipinski definition) is 7. The first-order valence-electron chi connectivity index (χ1n) is 12.6. The van der Waals surface area contributed by atoms with E-state index < -0.39 is 46.8 Å². The zero-order valence-electron chi connectivity index (χ0n) is 24.0. The Labute approximate surface area is 220 Å². The summed E-state index contributed by atoms with van der Waals surface area (Å²) in [7, 11) is -3.41. The van der Waals surface area contributed by atoms with E-state index in [2.05, 4.69) is 30.7 Å². The van der Waals surface area contributed by atoms with Crippen LogP contribution < -0.4 is 0 Å². The highest BCUT2D eigenvalue weighted by atomic mass is 28.4. The Balaban J connectivity index is 2.30. The van der Waals surface area contributed by atoms with Gasteiger partial charge in [-0.05, 0) is 42.7 Å². The molecule has 0 saturated carbocycles. The minimum absolute atomic E-state index is 0.0235. The minimum Gasteiger partial charge on any atom is -0.514 e. The van der Waals surface area contributed by atoms with Crippen molar-refractivity contribution in [2.75, 3.05) is 7.11 Å². The Hall–Kier alpha value is -1.67. The summed E-state index contributed by atoms with van der Waals surface area (Å²) in [5.41, 5.74) is 0.0413. The lowest BCUT2D eigenvalue weighted by molar-refractivity contribution is -0.177. The van der Waals surface area contributed by atoms with Crippen molar-refractivity contribution in [2.24, 2.45) is 10.9 Å². The van der Waals surface area contributed by atoms with Crippen LogP contribution in [0.4, 0.5) is 13.2 Å². The van der Waals surface area contributed by atoms with E-state index in [1.165, 1.54) is 13.4 Å². The lowest BCUT2D eigenvalue weighted by atomic mass is 9.93. The van der Waals surface area contributed by atoms with Gasteiger partial charge < -0.3 is 18.0 Å². The molecule has 3 unspecified atom stereocenters. The molecule has 0 radical (unpaired) electrons. The lowest BCUT2D eigenvalue weighted by Crippen LogP contribution is -2.46. The molecular formula is C25H43F3N2O5Si2. The van der Waals surface area contributed by atoms with E-state index in [0.29, 0.717) is 0 Å². The van der Waals surface area contributed by atoms with Gasteiger partial charge in [-0.15, -0.1) is 0 Å². The zero-order chi connectivity index (χ0) is 28.6. The van der Waals surface area contributed by atoms with Gasteiger partial charge in [0.15, 0.2) is 25.8 Å². The first-order valence-corrected chi connectivity index (χ1v) is 18.4. The summed E-state index contributed by atoms with van der Waals surface area (Å²) < 4.78 is 64.4. The van der Waals surface area contributed by atoms with Crippen molar-refractivity contribution < 1.29 is 36.0 Å². The molecule has 0 aliphatic carbocycles. The van der Waals surface area contributed by atoms with E-state index in [1.807, 2.05) is 47.0 Å². The molecule has 212 valence electrons. The SMILES string of the molecule is COC1=NC(CC(Cc2nc(C(=O)O[Si](C)(C)C(C)(C)C)co2)O[Si](C)(C)C(C)(C)C)C(C(F)(F)F)C1. The number of carbonyl (C=O) groups is 1. The van der Waals surface area contributed by atoms with Gasteiger partial charge in [0.1, 0.15) is 6.26 Å². The second-order valence-corrected chi connectivity index (χ2v) is 22.3. The molecular weight excluding hydrogens is 521 g/mol. The number of ether oxygens (including phenoxy) is 1. The van der Waals surface area contributed by atoms with Crippen molar-refractivity contribution in [1.82, 2.24) is 4.98 Å². The number of alkyl halides is 3. The second kappa shape index (κ2) is 10.8. The van der Waals surface area contributed by atoms with Crippen molar-refractivity contribution in [1.29, 1.82) is 0 Å². The highest BCUT2D eigenvalue weighted by Gasteiger charge is 2.50. The molecule has 0 bridgehead atoms. The summed E-state index contributed by atoms with van der Waals surface area (Å²) in [6.07, 6.45) is -3.98. The summed E-state index contributed by atoms with van der Waals surface area (Å²) in [6.45, 7) is 20.3. The monoisotopic (exact) mass is 564 g/mol. The molecule has 1 aliphatic heterocycles. The van der Waals surface area contributed by atoms with Gasteiger partial charge in [-0.1, -0.05) is 41.5 Å². The predicted octanol–water partition coefficient (Wildman–Crippen LogP) is 7.16. The van der Waals surface area contributed by atoms with Gasteiger partial charge in [-0.25, -0.2) is 9.78 Å². The third-order valence-corrected chi connectivity index (χ3v) is 16.8. The van der Waals surface area contributed by atoms with Crippen molar-refractivity contribution >= 4 is 28.5 Å². The molecule has 2 heterocycles. The van der Waals surface area contributed by atoms with Gasteiger partial charge in [-0.3, -0.25) is 4.99 Å². The fraction of sp³-hybridized carbons (Fsp3) is 0.800. The Bertz CT molecular complexity index is 978. The predicted molar refractivity (Wildman–Crippen MR) is 142 cm³/mol. The number of aliphatic imine (C=N–C) groups is 1. The van der Waals surface area contributed by atoms with Gasteiger partial charge in [0.05, 0.1) is 25.2 Å². The van der Waals surface area contributed by atoms with Crippen LogP contribution in [0.15, 0.2) is 15.7 Å². The van der Waals surface area contributed by atoms with Crippen LogP contribution in [0.1, 0.15) is 70.8 Å². The third-order valence-electron chi connectivity index (χ3n) is 7.91. The molecule has 7 nitrogen and oxygen atoms in total. The molecule has 0 amide bonds. The van der Waals surface area contributed by atoms with Crippen LogP contribution in [0.3, 0.4) is 0 Å². The van der Waals surface area contributed by atoms with Gasteiger partial charge in [0.25, 0.3) is 8.32 Å². The number of oxazole rings is 1. The highest BCUT2D eigenvalue weighted by molar-refractivity contribution is 6.75. The standard InChI is InChI=1S/C25H43F3N2O5Si2/c1-23(2,3)36(8,9)34-16(12-18-17(25(26,27)28)14-20(29-18)32-7)13-21-30-19(15-33-21)22(31)35-37(10,11)24(4,5)6/h15-18H,12-14H2,1-11H3. The largest absolute Gasteiger partial charge is 0.514 e. The van der Waals surface area contributed by atoms with Gasteiger partial charge in [0.2, 0.25) is 0 Å². The van der Waals surface area contributed by atoms with Crippen molar-refractivity contribution in [2.45, 2.75) is 115 Å². The number of aromatic nitrogens is 1. The van der Waals surface area contributed by atoms with Crippen LogP contribution in [0, 0.1) is 5.92 Å². The van der Waals surface area contributed by atoms with Crippen LogP contribution in [-0.4, -0.2) is 58.9 Å². The number of nitrogens with zero attached hydrogens (tertiary/aromatic N) is 2. The van der Waals surface area contributed by atoms with E-state index >= 15 is 0 Å². The fourth-order valence-corrected chi connectivity index (χ4v) is 5.75. The van der Waals surface area contributed by atoms with E-state index in [0.717, 1.165) is 0 Å². The Morgan fingerprint density at radius 2 is 1.65 bits per heavy atom. The van der Waals surface area contributed by atoms with Crippen LogP contribution in [-0.2, 0) is 20.0 Å². The molecule has 0 saturated heterocycles. The number of rotatable bonds is 8. The topological polar surface area (TPSA) is 83.2 Å². The summed E-state index contributed by atoms with van der Waals surface area (Å²) in [6, 6.07) is -1.04. The maximum Gasteiger partial charge on any atom is 0.394 e. The number of hydrogen-bond donors (Lipinski definition) is 0. The molecule has 0 aromatic carbocycles. The maximum atomic E-state index is 13.8. The third kappa shape index (κ3) is 7.92. The lowest BCUT2D eigenvalue weighted by Gasteiger charge is -2.39. The first kappa shape index (κ1) is 31.6. The van der Waals surface area contributed by atoms with Crippen molar-refractivity contribution in [3.05, 3.63) is 17.8 Å². The van der Waals surface area contributed by atoms with Gasteiger partial charge in [-0.2, -0.15) is 13.2 Å². The fourth-order valence-electron chi connectivity index (χ4n) is 3.50. The summed E-state index contributed by atoms with van der Waals surface area (Å²) >= 11 is 0. The quantitative estimate of drug-likeness (QED) is 0.312. The number of carbonyl (C=O) groups excluding carboxylic acids is 1. The van der Waals surface area contributed by atoms with Crippen LogP contribution in [0.2, 0.25) is 36.3 Å². The number of methoxy groups -OCH3 is 1. The van der Waals surface area contributed by atoms with Gasteiger partial charge >= 0.3 is 12.1 Å². The van der Waals surface area contributed by atoms with E-state index in [-0.39, 0.29) is 46.8 Å². The molecule has 1 aromatic heterocycles. The minimum atomic E-state index is -4.42. The molecule has 2 rings (SSSR count). The molecule has 1 aromatic rings. The summed E-state index contributed by atoms with van der Waals surface area (Å²) in [4.78, 5) is 21.3. The number of halogens is 3.